The number of fused-ring (bicyclic) bond motifs is 1. The van der Waals surface area contributed by atoms with Gasteiger partial charge in [-0.1, -0.05) is 27.2 Å². The van der Waals surface area contributed by atoms with Gasteiger partial charge in [-0.15, -0.1) is 0 Å². The van der Waals surface area contributed by atoms with Gasteiger partial charge >= 0.3 is 0 Å². The van der Waals surface area contributed by atoms with Crippen LogP contribution in [-0.2, 0) is 10.0 Å². The number of rotatable bonds is 11. The molecule has 3 heterocycles. The van der Waals surface area contributed by atoms with Gasteiger partial charge in [-0.3, -0.25) is 9.78 Å². The van der Waals surface area contributed by atoms with Gasteiger partial charge in [-0.25, -0.2) is 18.1 Å². The van der Waals surface area contributed by atoms with E-state index < -0.39 is 10.0 Å². The average molecular weight is 538 g/mol. The molecule has 0 bridgehead atoms. The molecule has 38 heavy (non-hydrogen) atoms. The second kappa shape index (κ2) is 12.8. The summed E-state index contributed by atoms with van der Waals surface area (Å²) >= 11 is 0. The minimum Gasteiger partial charge on any atom is -0.352 e. The first-order valence-corrected chi connectivity index (χ1v) is 15.1. The predicted molar refractivity (Wildman–Crippen MR) is 151 cm³/mol. The van der Waals surface area contributed by atoms with Crippen LogP contribution in [0.1, 0.15) is 56.8 Å². The van der Waals surface area contributed by atoms with Crippen molar-refractivity contribution in [1.82, 2.24) is 24.9 Å². The lowest BCUT2D eigenvalue weighted by atomic mass is 9.92. The van der Waals surface area contributed by atoms with Crippen LogP contribution < -0.4 is 10.0 Å². The zero-order chi connectivity index (χ0) is 27.1. The topological polar surface area (TPSA) is 104 Å². The fourth-order valence-corrected chi connectivity index (χ4v) is 6.36. The third-order valence-corrected chi connectivity index (χ3v) is 8.45. The molecule has 1 saturated heterocycles. The van der Waals surface area contributed by atoms with Crippen molar-refractivity contribution < 1.29 is 13.2 Å². The largest absolute Gasteiger partial charge is 0.352 e. The van der Waals surface area contributed by atoms with Crippen molar-refractivity contribution in [1.29, 1.82) is 0 Å². The van der Waals surface area contributed by atoms with Crippen LogP contribution in [0.15, 0.2) is 53.7 Å². The summed E-state index contributed by atoms with van der Waals surface area (Å²) in [6, 6.07) is 10.2. The van der Waals surface area contributed by atoms with Crippen molar-refractivity contribution in [2.45, 2.75) is 51.3 Å². The van der Waals surface area contributed by atoms with Crippen molar-refractivity contribution in [2.24, 2.45) is 11.8 Å². The highest BCUT2D eigenvalue weighted by molar-refractivity contribution is 7.89. The number of carbonyl (C=O) groups is 1. The van der Waals surface area contributed by atoms with E-state index in [2.05, 4.69) is 33.8 Å². The summed E-state index contributed by atoms with van der Waals surface area (Å²) in [5.74, 6) is 1.16. The molecule has 0 radical (unpaired) electrons. The summed E-state index contributed by atoms with van der Waals surface area (Å²) in [5.41, 5.74) is 2.36. The molecule has 2 aromatic heterocycles. The minimum atomic E-state index is -3.70. The number of piperidine rings is 1. The lowest BCUT2D eigenvalue weighted by molar-refractivity contribution is 0.0949. The molecule has 9 heteroatoms. The third-order valence-electron chi connectivity index (χ3n) is 7.00. The molecule has 4 rings (SSSR count). The van der Waals surface area contributed by atoms with Crippen LogP contribution in [0.4, 0.5) is 0 Å². The summed E-state index contributed by atoms with van der Waals surface area (Å²) in [4.78, 5) is 24.9. The van der Waals surface area contributed by atoms with Crippen LogP contribution in [0.3, 0.4) is 0 Å². The molecule has 1 amide bonds. The molecule has 1 aliphatic heterocycles. The number of nitrogens with zero attached hydrogens (tertiary/aromatic N) is 3. The van der Waals surface area contributed by atoms with Gasteiger partial charge in [0, 0.05) is 49.5 Å². The van der Waals surface area contributed by atoms with Crippen molar-refractivity contribution in [2.75, 3.05) is 32.7 Å². The molecule has 0 aliphatic carbocycles. The summed E-state index contributed by atoms with van der Waals surface area (Å²) in [7, 11) is -3.70. The predicted octanol–water partition coefficient (Wildman–Crippen LogP) is 4.47. The van der Waals surface area contributed by atoms with Gasteiger partial charge < -0.3 is 10.2 Å². The molecule has 0 unspecified atom stereocenters. The standard InChI is InChI=1S/C29H39N5O3S/c1-4-5-13-32-38(36,37)24-9-10-27-25(16-24)26(17-28(33-27)23-8-6-11-30-18-23)29(35)31-12-7-14-34-19-21(2)15-22(3)20-34/h6,8-11,16-18,21-22,32H,4-5,7,12-15,19-20H2,1-3H3,(H,31,35)/t21-,22-/m0/s1. The Morgan fingerprint density at radius 1 is 1.08 bits per heavy atom. The molecule has 0 spiro atoms. The summed E-state index contributed by atoms with van der Waals surface area (Å²) in [6.45, 7) is 10.7. The minimum absolute atomic E-state index is 0.124. The molecule has 2 atom stereocenters. The first-order valence-electron chi connectivity index (χ1n) is 13.6. The van der Waals surface area contributed by atoms with Gasteiger partial charge in [-0.05, 0) is 74.0 Å². The Balaban J connectivity index is 1.57. The number of likely N-dealkylation sites (tertiary alicyclic amines) is 1. The number of sulfonamides is 1. The van der Waals surface area contributed by atoms with E-state index in [1.54, 1.807) is 36.7 Å². The number of carbonyl (C=O) groups excluding carboxylic acids is 1. The number of hydrogen-bond donors (Lipinski definition) is 2. The van der Waals surface area contributed by atoms with Gasteiger partial charge in [0.1, 0.15) is 0 Å². The highest BCUT2D eigenvalue weighted by atomic mass is 32.2. The molecule has 1 aromatic carbocycles. The zero-order valence-corrected chi connectivity index (χ0v) is 23.4. The zero-order valence-electron chi connectivity index (χ0n) is 22.6. The van der Waals surface area contributed by atoms with Gasteiger partial charge in [0.15, 0.2) is 0 Å². The van der Waals surface area contributed by atoms with Gasteiger partial charge in [0.25, 0.3) is 5.91 Å². The van der Waals surface area contributed by atoms with Crippen LogP contribution in [0.25, 0.3) is 22.2 Å². The highest BCUT2D eigenvalue weighted by Gasteiger charge is 2.22. The molecule has 8 nitrogen and oxygen atoms in total. The Morgan fingerprint density at radius 2 is 1.87 bits per heavy atom. The Morgan fingerprint density at radius 3 is 2.58 bits per heavy atom. The Hall–Kier alpha value is -2.88. The Kier molecular flexibility index (Phi) is 9.46. The fourth-order valence-electron chi connectivity index (χ4n) is 5.26. The Labute approximate surface area is 226 Å². The molecule has 1 aliphatic rings. The van der Waals surface area contributed by atoms with Crippen LogP contribution >= 0.6 is 0 Å². The maximum absolute atomic E-state index is 13.4. The van der Waals surface area contributed by atoms with Crippen LogP contribution in [-0.4, -0.2) is 61.9 Å². The average Bonchev–Trinajstić information content (AvgIpc) is 2.90. The van der Waals surface area contributed by atoms with Crippen molar-refractivity contribution in [3.63, 3.8) is 0 Å². The van der Waals surface area contributed by atoms with Gasteiger partial charge in [-0.2, -0.15) is 0 Å². The van der Waals surface area contributed by atoms with Crippen LogP contribution in [0.5, 0.6) is 0 Å². The number of unbranched alkanes of at least 4 members (excludes halogenated alkanes) is 1. The maximum Gasteiger partial charge on any atom is 0.252 e. The first kappa shape index (κ1) is 28.1. The molecule has 2 N–H and O–H groups in total. The second-order valence-corrected chi connectivity index (χ2v) is 12.3. The van der Waals surface area contributed by atoms with E-state index in [1.165, 1.54) is 6.42 Å². The number of aromatic nitrogens is 2. The molecule has 0 saturated carbocycles. The van der Waals surface area contributed by atoms with E-state index in [4.69, 9.17) is 4.98 Å². The third kappa shape index (κ3) is 7.15. The maximum atomic E-state index is 13.4. The van der Waals surface area contributed by atoms with Gasteiger partial charge in [0.05, 0.1) is 21.7 Å². The number of nitrogens with one attached hydrogen (secondary N) is 2. The SMILES string of the molecule is CCCCNS(=O)(=O)c1ccc2nc(-c3cccnc3)cc(C(=O)NCCCN3C[C@@H](C)C[C@H](C)C3)c2c1. The summed E-state index contributed by atoms with van der Waals surface area (Å²) < 4.78 is 28.4. The first-order chi connectivity index (χ1) is 18.3. The van der Waals surface area contributed by atoms with E-state index in [9.17, 15) is 13.2 Å². The van der Waals surface area contributed by atoms with Crippen LogP contribution in [0, 0.1) is 11.8 Å². The van der Waals surface area contributed by atoms with Crippen molar-refractivity contribution in [3.8, 4) is 11.3 Å². The lowest BCUT2D eigenvalue weighted by Crippen LogP contribution is -2.40. The molecule has 3 aromatic rings. The van der Waals surface area contributed by atoms with E-state index in [0.29, 0.717) is 47.1 Å². The molecule has 204 valence electrons. The second-order valence-electron chi connectivity index (χ2n) is 10.5. The van der Waals surface area contributed by atoms with E-state index in [1.807, 2.05) is 19.1 Å². The van der Waals surface area contributed by atoms with E-state index >= 15 is 0 Å². The quantitative estimate of drug-likeness (QED) is 0.350. The van der Waals surface area contributed by atoms with Crippen molar-refractivity contribution in [3.05, 3.63) is 54.4 Å². The van der Waals surface area contributed by atoms with E-state index in [0.717, 1.165) is 44.5 Å². The highest BCUT2D eigenvalue weighted by Crippen LogP contribution is 2.27. The lowest BCUT2D eigenvalue weighted by Gasteiger charge is -2.34. The molecular formula is C29H39N5O3S. The monoisotopic (exact) mass is 537 g/mol. The smallest absolute Gasteiger partial charge is 0.252 e. The number of pyridine rings is 2. The van der Waals surface area contributed by atoms with Crippen LogP contribution in [0.2, 0.25) is 0 Å². The fraction of sp³-hybridized carbons (Fsp3) is 0.483. The molecular weight excluding hydrogens is 498 g/mol. The number of hydrogen-bond acceptors (Lipinski definition) is 6. The summed E-state index contributed by atoms with van der Waals surface area (Å²) in [5, 5.41) is 3.56. The summed E-state index contributed by atoms with van der Waals surface area (Å²) in [6.07, 6.45) is 7.16. The number of benzene rings is 1. The van der Waals surface area contributed by atoms with Gasteiger partial charge in [0.2, 0.25) is 10.0 Å². The molecule has 1 fully saturated rings. The normalized spacial score (nSPS) is 18.5. The Bertz CT molecular complexity index is 1340. The van der Waals surface area contributed by atoms with Crippen molar-refractivity contribution >= 4 is 26.8 Å². The number of amides is 1. The van der Waals surface area contributed by atoms with E-state index in [-0.39, 0.29) is 10.8 Å².